The number of pyridine rings is 2. The average Bonchev–Trinajstić information content (AvgIpc) is 3.80. The van der Waals surface area contributed by atoms with Crippen LogP contribution in [0.3, 0.4) is 0 Å². The van der Waals surface area contributed by atoms with E-state index in [0.717, 1.165) is 86.7 Å². The number of piperidine rings is 1. The van der Waals surface area contributed by atoms with E-state index in [9.17, 15) is 19.2 Å². The molecule has 0 spiro atoms. The molecule has 5 aromatic rings. The van der Waals surface area contributed by atoms with Gasteiger partial charge in [0, 0.05) is 74.9 Å². The number of hydrogen-bond donors (Lipinski definition) is 2. The van der Waals surface area contributed by atoms with E-state index < -0.39 is 0 Å². The zero-order valence-corrected chi connectivity index (χ0v) is 33.9. The fourth-order valence-corrected chi connectivity index (χ4v) is 9.03. The van der Waals surface area contributed by atoms with Gasteiger partial charge in [-0.1, -0.05) is 19.1 Å². The molecular weight excluding hydrogens is 761 g/mol. The molecule has 9 rings (SSSR count). The number of nitrogens with one attached hydrogen (secondary N) is 2. The first kappa shape index (κ1) is 39.1. The van der Waals surface area contributed by atoms with Crippen molar-refractivity contribution in [3.8, 4) is 5.82 Å². The minimum atomic E-state index is -0.369. The highest BCUT2D eigenvalue weighted by Gasteiger charge is 2.30. The first-order chi connectivity index (χ1) is 29.2. The first-order valence-corrected chi connectivity index (χ1v) is 21.0. The molecule has 0 bridgehead atoms. The predicted octanol–water partition coefficient (Wildman–Crippen LogP) is 4.75. The second kappa shape index (κ2) is 16.7. The summed E-state index contributed by atoms with van der Waals surface area (Å²) in [5, 5.41) is 6.05. The van der Waals surface area contributed by atoms with E-state index in [4.69, 9.17) is 9.97 Å². The second-order valence-electron chi connectivity index (χ2n) is 16.2. The summed E-state index contributed by atoms with van der Waals surface area (Å²) >= 11 is 0. The number of urea groups is 1. The van der Waals surface area contributed by atoms with Crippen LogP contribution in [-0.4, -0.2) is 103 Å². The summed E-state index contributed by atoms with van der Waals surface area (Å²) in [4.78, 5) is 77.5. The van der Waals surface area contributed by atoms with Crippen molar-refractivity contribution in [2.45, 2.75) is 64.5 Å². The van der Waals surface area contributed by atoms with Crippen LogP contribution >= 0.6 is 0 Å². The molecule has 16 heteroatoms. The lowest BCUT2D eigenvalue weighted by molar-refractivity contribution is -0.122. The van der Waals surface area contributed by atoms with Gasteiger partial charge >= 0.3 is 6.03 Å². The van der Waals surface area contributed by atoms with Gasteiger partial charge in [-0.3, -0.25) is 29.6 Å². The summed E-state index contributed by atoms with van der Waals surface area (Å²) < 4.78 is 3.38. The molecule has 4 amide bonds. The Morgan fingerprint density at radius 1 is 0.867 bits per heavy atom. The van der Waals surface area contributed by atoms with Gasteiger partial charge in [0.2, 0.25) is 17.8 Å². The van der Waals surface area contributed by atoms with Crippen LogP contribution in [0.25, 0.3) is 16.9 Å². The van der Waals surface area contributed by atoms with Gasteiger partial charge in [0.1, 0.15) is 5.39 Å². The lowest BCUT2D eigenvalue weighted by atomic mass is 9.95. The highest BCUT2D eigenvalue weighted by molar-refractivity contribution is 5.97. The molecule has 0 saturated carbocycles. The minimum absolute atomic E-state index is 0.0837. The molecule has 2 N–H and O–H groups in total. The molecule has 60 heavy (non-hydrogen) atoms. The third kappa shape index (κ3) is 7.86. The summed E-state index contributed by atoms with van der Waals surface area (Å²) in [6.45, 7) is 11.7. The molecule has 1 unspecified atom stereocenters. The zero-order valence-electron chi connectivity index (χ0n) is 33.9. The molecule has 4 aromatic heterocycles. The molecule has 1 atom stereocenters. The Kier molecular flexibility index (Phi) is 10.9. The summed E-state index contributed by atoms with van der Waals surface area (Å²) in [6, 6.07) is 15.4. The number of imide groups is 1. The molecule has 3 aliphatic heterocycles. The smallest absolute Gasteiger partial charge is 0.324 e. The quantitative estimate of drug-likeness (QED) is 0.167. The van der Waals surface area contributed by atoms with Crippen molar-refractivity contribution >= 4 is 51.9 Å². The number of rotatable bonds is 12. The Balaban J connectivity index is 0.790. The number of allylic oxidation sites excluding steroid dienone is 1. The van der Waals surface area contributed by atoms with Gasteiger partial charge in [-0.05, 0) is 86.1 Å². The van der Waals surface area contributed by atoms with Gasteiger partial charge < -0.3 is 20.0 Å². The fourth-order valence-electron chi connectivity index (χ4n) is 9.03. The second-order valence-corrected chi connectivity index (χ2v) is 16.2. The molecule has 0 radical (unpaired) electrons. The van der Waals surface area contributed by atoms with E-state index in [0.29, 0.717) is 73.8 Å². The van der Waals surface area contributed by atoms with Gasteiger partial charge in [0.05, 0.1) is 37.2 Å². The fraction of sp³-hybridized carbons (Fsp3) is 0.409. The van der Waals surface area contributed by atoms with Gasteiger partial charge in [-0.25, -0.2) is 24.1 Å². The lowest BCUT2D eigenvalue weighted by Gasteiger charge is -2.39. The Hall–Kier alpha value is -6.42. The maximum Gasteiger partial charge on any atom is 0.324 e. The first-order valence-electron chi connectivity index (χ1n) is 21.0. The predicted molar refractivity (Wildman–Crippen MR) is 229 cm³/mol. The number of amides is 4. The van der Waals surface area contributed by atoms with Crippen LogP contribution in [0, 0.1) is 5.92 Å². The van der Waals surface area contributed by atoms with Crippen molar-refractivity contribution < 1.29 is 14.4 Å². The van der Waals surface area contributed by atoms with Crippen molar-refractivity contribution in [2.24, 2.45) is 5.92 Å². The van der Waals surface area contributed by atoms with Crippen molar-refractivity contribution in [1.29, 1.82) is 0 Å². The van der Waals surface area contributed by atoms with Crippen molar-refractivity contribution in [2.75, 3.05) is 60.9 Å². The number of aromatic nitrogens is 6. The third-order valence-electron chi connectivity index (χ3n) is 12.4. The summed E-state index contributed by atoms with van der Waals surface area (Å²) in [5.41, 5.74) is 6.08. The monoisotopic (exact) mass is 810 g/mol. The van der Waals surface area contributed by atoms with Gasteiger partial charge in [-0.2, -0.15) is 4.98 Å². The van der Waals surface area contributed by atoms with Gasteiger partial charge in [0.25, 0.3) is 5.56 Å². The van der Waals surface area contributed by atoms with Gasteiger partial charge in [-0.15, -0.1) is 6.58 Å². The minimum Gasteiger partial charge on any atom is -0.370 e. The molecule has 16 nitrogen and oxygen atoms in total. The van der Waals surface area contributed by atoms with E-state index >= 15 is 0 Å². The molecule has 1 aromatic carbocycles. The van der Waals surface area contributed by atoms with Crippen LogP contribution in [0.4, 0.5) is 27.8 Å². The Morgan fingerprint density at radius 2 is 1.68 bits per heavy atom. The van der Waals surface area contributed by atoms with Crippen LogP contribution in [-0.2, 0) is 29.1 Å². The van der Waals surface area contributed by atoms with E-state index in [2.05, 4.69) is 56.0 Å². The highest BCUT2D eigenvalue weighted by Crippen LogP contribution is 2.35. The number of anilines is 4. The van der Waals surface area contributed by atoms with Gasteiger partial charge in [0.15, 0.2) is 11.5 Å². The maximum absolute atomic E-state index is 13.5. The molecule has 4 aliphatic rings. The van der Waals surface area contributed by atoms with Crippen molar-refractivity contribution in [3.05, 3.63) is 101 Å². The number of fused-ring (bicyclic) bond motifs is 2. The topological polar surface area (TPSA) is 167 Å². The molecule has 1 aliphatic carbocycles. The standard InChI is InChI=1S/C44H50N12O4/c1-3-18-55-42(59)36-25-46-43(50-41(36)56(55)37-14-7-31-6-5-30(4-2)40(31)48-37)47-32-8-11-34(12-9-32)54-23-22-51(28-39(54)58)26-29-15-19-52(20-16-29)35-13-10-33(45-24-35)27-53-21-17-38(57)49-44(53)60/h3,7-14,24-25,29-30H,1,4-6,15-23,26-28H2,2H3,(H,46,47,50)(H,49,57,60). The molecule has 3 saturated heterocycles. The van der Waals surface area contributed by atoms with E-state index in [-0.39, 0.29) is 23.4 Å². The summed E-state index contributed by atoms with van der Waals surface area (Å²) in [7, 11) is 0. The Bertz CT molecular complexity index is 2490. The molecule has 310 valence electrons. The normalized spacial score (nSPS) is 18.9. The van der Waals surface area contributed by atoms with Crippen LogP contribution < -0.4 is 26.0 Å². The van der Waals surface area contributed by atoms with Crippen LogP contribution in [0.1, 0.15) is 61.9 Å². The van der Waals surface area contributed by atoms with E-state index in [1.54, 1.807) is 26.5 Å². The Labute approximate surface area is 347 Å². The molecular formula is C44H50N12O4. The summed E-state index contributed by atoms with van der Waals surface area (Å²) in [5.74, 6) is 1.75. The Morgan fingerprint density at radius 3 is 2.42 bits per heavy atom. The number of nitrogens with zero attached hydrogens (tertiary/aromatic N) is 10. The number of benzene rings is 1. The maximum atomic E-state index is 13.5. The van der Waals surface area contributed by atoms with Crippen LogP contribution in [0.15, 0.2) is 78.4 Å². The number of carbonyl (C=O) groups is 3. The summed E-state index contributed by atoms with van der Waals surface area (Å²) in [6.07, 6.45) is 10.6. The highest BCUT2D eigenvalue weighted by atomic mass is 16.2. The largest absolute Gasteiger partial charge is 0.370 e. The van der Waals surface area contributed by atoms with Crippen LogP contribution in [0.5, 0.6) is 0 Å². The van der Waals surface area contributed by atoms with Crippen LogP contribution in [0.2, 0.25) is 0 Å². The third-order valence-corrected chi connectivity index (χ3v) is 12.4. The number of aryl methyl sites for hydroxylation is 1. The molecule has 7 heterocycles. The molecule has 3 fully saturated rings. The zero-order chi connectivity index (χ0) is 41.3. The lowest BCUT2D eigenvalue weighted by Crippen LogP contribution is -2.52. The average molecular weight is 811 g/mol. The van der Waals surface area contributed by atoms with E-state index in [1.807, 2.05) is 47.5 Å². The van der Waals surface area contributed by atoms with Crippen molar-refractivity contribution in [3.63, 3.8) is 0 Å². The number of hydrogen-bond acceptors (Lipinski definition) is 11. The van der Waals surface area contributed by atoms with Crippen molar-refractivity contribution in [1.82, 2.24) is 44.4 Å². The number of piperazine rings is 1. The number of carbonyl (C=O) groups excluding carboxylic acids is 3. The van der Waals surface area contributed by atoms with E-state index in [1.165, 1.54) is 5.56 Å². The SMILES string of the molecule is C=CCn1c(=O)c2cnc(Nc3ccc(N4CCN(CC5CCN(c6ccc(CN7CCC(=O)NC7=O)nc6)CC5)CC4=O)cc3)nc2n1-c1ccc2c(n1)C(CC)CC2.